The number of aliphatic imine (C=N–C) groups is 1. The number of rotatable bonds is 8. The normalized spacial score (nSPS) is 17.1. The Morgan fingerprint density at radius 3 is 2.19 bits per heavy atom. The van der Waals surface area contributed by atoms with Crippen molar-refractivity contribution < 1.29 is 13.2 Å². The summed E-state index contributed by atoms with van der Waals surface area (Å²) in [6, 6.07) is 26.1. The van der Waals surface area contributed by atoms with Crippen molar-refractivity contribution in [2.45, 2.75) is 36.7 Å². The number of sulfonamides is 1. The molecule has 0 spiro atoms. The summed E-state index contributed by atoms with van der Waals surface area (Å²) < 4.78 is 34.8. The van der Waals surface area contributed by atoms with Gasteiger partial charge >= 0.3 is 0 Å². The molecule has 0 unspecified atom stereocenters. The van der Waals surface area contributed by atoms with Crippen LogP contribution in [0.25, 0.3) is 0 Å². The molecule has 160 valence electrons. The second-order valence-electron chi connectivity index (χ2n) is 7.80. The van der Waals surface area contributed by atoms with Crippen LogP contribution in [0.2, 0.25) is 0 Å². The van der Waals surface area contributed by atoms with Crippen molar-refractivity contribution in [1.82, 2.24) is 4.72 Å². The predicted molar refractivity (Wildman–Crippen MR) is 123 cm³/mol. The molecule has 5 nitrogen and oxygen atoms in total. The summed E-state index contributed by atoms with van der Waals surface area (Å²) >= 11 is 0. The van der Waals surface area contributed by atoms with E-state index in [-0.39, 0.29) is 10.9 Å². The van der Waals surface area contributed by atoms with Crippen LogP contribution in [0.15, 0.2) is 94.8 Å². The van der Waals surface area contributed by atoms with Gasteiger partial charge in [-0.15, -0.1) is 0 Å². The van der Waals surface area contributed by atoms with Gasteiger partial charge in [-0.3, -0.25) is 0 Å². The molecule has 4 rings (SSSR count). The van der Waals surface area contributed by atoms with Crippen LogP contribution in [0, 0.1) is 6.92 Å². The van der Waals surface area contributed by atoms with E-state index < -0.39 is 16.1 Å². The molecule has 0 amide bonds. The molecular weight excluding hydrogens is 408 g/mol. The number of benzene rings is 3. The summed E-state index contributed by atoms with van der Waals surface area (Å²) in [4.78, 5) is 4.97. The molecule has 31 heavy (non-hydrogen) atoms. The molecule has 1 heterocycles. The maximum Gasteiger partial charge on any atom is 0.241 e. The fourth-order valence-electron chi connectivity index (χ4n) is 3.62. The minimum absolute atomic E-state index is 0.0282. The third-order valence-corrected chi connectivity index (χ3v) is 6.74. The number of nitrogens with one attached hydrogen (secondary N) is 1. The molecule has 3 aromatic carbocycles. The van der Waals surface area contributed by atoms with Crippen molar-refractivity contribution in [3.05, 3.63) is 102 Å². The Morgan fingerprint density at radius 2 is 1.55 bits per heavy atom. The maximum absolute atomic E-state index is 13.1. The van der Waals surface area contributed by atoms with Gasteiger partial charge in [0.05, 0.1) is 10.9 Å². The summed E-state index contributed by atoms with van der Waals surface area (Å²) in [5.41, 5.74) is 3.20. The zero-order valence-electron chi connectivity index (χ0n) is 17.4. The lowest BCUT2D eigenvalue weighted by Gasteiger charge is -2.18. The highest BCUT2D eigenvalue weighted by Gasteiger charge is 2.30. The molecule has 6 heteroatoms. The van der Waals surface area contributed by atoms with Crippen LogP contribution < -0.4 is 4.72 Å². The van der Waals surface area contributed by atoms with E-state index in [0.717, 1.165) is 17.5 Å². The highest BCUT2D eigenvalue weighted by atomic mass is 32.2. The van der Waals surface area contributed by atoms with Gasteiger partial charge in [0.2, 0.25) is 15.9 Å². The average Bonchev–Trinajstić information content (AvgIpc) is 3.23. The van der Waals surface area contributed by atoms with E-state index >= 15 is 0 Å². The van der Waals surface area contributed by atoms with Gasteiger partial charge in [0, 0.05) is 0 Å². The molecule has 0 radical (unpaired) electrons. The third kappa shape index (κ3) is 5.60. The van der Waals surface area contributed by atoms with Crippen LogP contribution in [0.5, 0.6) is 0 Å². The van der Waals surface area contributed by atoms with E-state index in [2.05, 4.69) is 16.9 Å². The lowest BCUT2D eigenvalue weighted by atomic mass is 10.1. The quantitative estimate of drug-likeness (QED) is 0.584. The van der Waals surface area contributed by atoms with Crippen molar-refractivity contribution in [2.24, 2.45) is 4.99 Å². The van der Waals surface area contributed by atoms with Crippen LogP contribution in [0.3, 0.4) is 0 Å². The van der Waals surface area contributed by atoms with Gasteiger partial charge in [-0.25, -0.2) is 13.4 Å². The third-order valence-electron chi connectivity index (χ3n) is 5.26. The highest BCUT2D eigenvalue weighted by molar-refractivity contribution is 7.89. The van der Waals surface area contributed by atoms with Crippen molar-refractivity contribution in [1.29, 1.82) is 0 Å². The molecule has 1 N–H and O–H groups in total. The molecule has 0 aliphatic carbocycles. The lowest BCUT2D eigenvalue weighted by molar-refractivity contribution is 0.302. The summed E-state index contributed by atoms with van der Waals surface area (Å²) in [6.45, 7) is 2.37. The Bertz CT molecular complexity index is 1130. The van der Waals surface area contributed by atoms with Crippen molar-refractivity contribution in [3.63, 3.8) is 0 Å². The molecular formula is C25H26N2O3S. The number of ether oxygens (including phenoxy) is 1. The molecule has 1 aliphatic heterocycles. The molecule has 0 fully saturated rings. The van der Waals surface area contributed by atoms with Crippen LogP contribution in [0.1, 0.15) is 16.7 Å². The molecule has 0 saturated carbocycles. The molecule has 0 bridgehead atoms. The lowest BCUT2D eigenvalue weighted by Crippen LogP contribution is -2.42. The zero-order chi connectivity index (χ0) is 21.7. The van der Waals surface area contributed by atoms with Crippen LogP contribution in [-0.2, 0) is 27.6 Å². The van der Waals surface area contributed by atoms with Crippen LogP contribution in [0.4, 0.5) is 0 Å². The first-order valence-corrected chi connectivity index (χ1v) is 11.9. The van der Waals surface area contributed by atoms with E-state index in [4.69, 9.17) is 9.73 Å². The second kappa shape index (κ2) is 9.45. The van der Waals surface area contributed by atoms with E-state index in [1.54, 1.807) is 24.3 Å². The number of aryl methyl sites for hydroxylation is 1. The topological polar surface area (TPSA) is 67.8 Å². The Kier molecular flexibility index (Phi) is 6.49. The SMILES string of the molecule is Cc1ccc(S(=O)(=O)N[C@@H](Cc2ccccc2)C2=N[C@@H](Cc3ccccc3)CO2)cc1. The van der Waals surface area contributed by atoms with Gasteiger partial charge in [0.15, 0.2) is 0 Å². The van der Waals surface area contributed by atoms with Crippen molar-refractivity contribution >= 4 is 15.9 Å². The predicted octanol–water partition coefficient (Wildman–Crippen LogP) is 3.92. The summed E-state index contributed by atoms with van der Waals surface area (Å²) in [6.07, 6.45) is 1.22. The monoisotopic (exact) mass is 434 g/mol. The van der Waals surface area contributed by atoms with E-state index in [1.807, 2.05) is 55.5 Å². The second-order valence-corrected chi connectivity index (χ2v) is 9.51. The molecule has 0 saturated heterocycles. The number of hydrogen-bond acceptors (Lipinski definition) is 4. The Balaban J connectivity index is 1.57. The van der Waals surface area contributed by atoms with E-state index in [1.165, 1.54) is 5.56 Å². The smallest absolute Gasteiger partial charge is 0.241 e. The molecule has 1 aliphatic rings. The summed E-state index contributed by atoms with van der Waals surface area (Å²) in [5.74, 6) is 0.445. The van der Waals surface area contributed by atoms with Gasteiger partial charge < -0.3 is 4.74 Å². The van der Waals surface area contributed by atoms with Crippen LogP contribution >= 0.6 is 0 Å². The minimum atomic E-state index is -3.72. The fourth-order valence-corrected chi connectivity index (χ4v) is 4.81. The van der Waals surface area contributed by atoms with Gasteiger partial charge in [0.25, 0.3) is 0 Å². The van der Waals surface area contributed by atoms with Gasteiger partial charge in [-0.2, -0.15) is 4.72 Å². The molecule has 3 aromatic rings. The largest absolute Gasteiger partial charge is 0.478 e. The summed E-state index contributed by atoms with van der Waals surface area (Å²) in [7, 11) is -3.72. The molecule has 0 aromatic heterocycles. The zero-order valence-corrected chi connectivity index (χ0v) is 18.3. The highest BCUT2D eigenvalue weighted by Crippen LogP contribution is 2.18. The number of hydrogen-bond donors (Lipinski definition) is 1. The van der Waals surface area contributed by atoms with Crippen molar-refractivity contribution in [3.8, 4) is 0 Å². The van der Waals surface area contributed by atoms with Gasteiger partial charge in [-0.1, -0.05) is 78.4 Å². The first-order chi connectivity index (χ1) is 15.0. The standard InChI is InChI=1S/C25H26N2O3S/c1-19-12-14-23(15-13-19)31(28,29)27-24(17-21-10-6-3-7-11-21)25-26-22(18-30-25)16-20-8-4-2-5-9-20/h2-15,22,24,27H,16-18H2,1H3/t22-,24-/m0/s1. The Labute approximate surface area is 183 Å². The summed E-state index contributed by atoms with van der Waals surface area (Å²) in [5, 5.41) is 0. The average molecular weight is 435 g/mol. The van der Waals surface area contributed by atoms with E-state index in [9.17, 15) is 8.42 Å². The Morgan fingerprint density at radius 1 is 0.935 bits per heavy atom. The van der Waals surface area contributed by atoms with Crippen molar-refractivity contribution in [2.75, 3.05) is 6.61 Å². The number of nitrogens with zero attached hydrogens (tertiary/aromatic N) is 1. The molecule has 2 atom stereocenters. The van der Waals surface area contributed by atoms with Gasteiger partial charge in [-0.05, 0) is 43.0 Å². The minimum Gasteiger partial charge on any atom is -0.478 e. The first kappa shape index (κ1) is 21.3. The fraction of sp³-hybridized carbons (Fsp3) is 0.240. The van der Waals surface area contributed by atoms with Gasteiger partial charge in [0.1, 0.15) is 12.6 Å². The van der Waals surface area contributed by atoms with E-state index in [0.29, 0.717) is 18.9 Å². The van der Waals surface area contributed by atoms with Crippen LogP contribution in [-0.4, -0.2) is 33.0 Å². The Hall–Kier alpha value is -2.96. The maximum atomic E-state index is 13.1. The first-order valence-electron chi connectivity index (χ1n) is 10.4.